The van der Waals surface area contributed by atoms with E-state index in [0.29, 0.717) is 36.5 Å². The molecule has 34 heavy (non-hydrogen) atoms. The van der Waals surface area contributed by atoms with Crippen molar-refractivity contribution in [2.24, 2.45) is 0 Å². The largest absolute Gasteiger partial charge is 0.378 e. The standard InChI is InChI=1S/C27H29N3O4/c31-25-9-8-24(26(32)28-25)30-14-20-10-18(6-7-23(20)27(30)33)19-11-21-15-34-16-22(12-19)29(21)13-17-4-2-1-3-5-17/h1-7,10,19,21-22,24H,8-9,11-16H2,(H,28,31,32)/t19?,21-,22+,24?. The third kappa shape index (κ3) is 3.83. The van der Waals surface area contributed by atoms with E-state index in [4.69, 9.17) is 4.74 Å². The van der Waals surface area contributed by atoms with Crippen LogP contribution >= 0.6 is 0 Å². The lowest BCUT2D eigenvalue weighted by atomic mass is 9.80. The molecule has 0 aliphatic carbocycles. The number of rotatable bonds is 4. The van der Waals surface area contributed by atoms with E-state index in [2.05, 4.69) is 52.7 Å². The molecule has 2 aromatic rings. The zero-order chi connectivity index (χ0) is 23.2. The number of nitrogens with one attached hydrogen (secondary N) is 1. The van der Waals surface area contributed by atoms with E-state index in [9.17, 15) is 14.4 Å². The molecule has 2 aromatic carbocycles. The van der Waals surface area contributed by atoms with Crippen LogP contribution < -0.4 is 5.32 Å². The summed E-state index contributed by atoms with van der Waals surface area (Å²) in [6, 6.07) is 17.0. The van der Waals surface area contributed by atoms with Crippen LogP contribution in [0.1, 0.15) is 58.6 Å². The summed E-state index contributed by atoms with van der Waals surface area (Å²) >= 11 is 0. The second-order valence-electron chi connectivity index (χ2n) is 9.99. The smallest absolute Gasteiger partial charge is 0.255 e. The van der Waals surface area contributed by atoms with Gasteiger partial charge in [0.25, 0.3) is 5.91 Å². The van der Waals surface area contributed by atoms with E-state index in [1.165, 1.54) is 11.1 Å². The summed E-state index contributed by atoms with van der Waals surface area (Å²) in [6.07, 6.45) is 2.73. The summed E-state index contributed by atoms with van der Waals surface area (Å²) in [5.41, 5.74) is 4.27. The predicted octanol–water partition coefficient (Wildman–Crippen LogP) is 2.59. The molecule has 0 saturated carbocycles. The average molecular weight is 460 g/mol. The molecule has 3 amide bonds. The third-order valence-electron chi connectivity index (χ3n) is 7.90. The molecule has 7 nitrogen and oxygen atoms in total. The van der Waals surface area contributed by atoms with Gasteiger partial charge in [-0.1, -0.05) is 42.5 Å². The molecule has 1 N–H and O–H groups in total. The maximum Gasteiger partial charge on any atom is 0.255 e. The van der Waals surface area contributed by atoms with Gasteiger partial charge in [-0.3, -0.25) is 24.6 Å². The summed E-state index contributed by atoms with van der Waals surface area (Å²) in [5.74, 6) is -0.313. The number of benzene rings is 2. The highest BCUT2D eigenvalue weighted by Gasteiger charge is 2.41. The van der Waals surface area contributed by atoms with E-state index in [1.54, 1.807) is 4.90 Å². The van der Waals surface area contributed by atoms with Gasteiger partial charge in [0, 0.05) is 37.2 Å². The van der Waals surface area contributed by atoms with Gasteiger partial charge < -0.3 is 9.64 Å². The fourth-order valence-corrected chi connectivity index (χ4v) is 6.16. The molecule has 3 saturated heterocycles. The molecule has 176 valence electrons. The number of amides is 3. The summed E-state index contributed by atoms with van der Waals surface area (Å²) in [4.78, 5) is 41.1. The van der Waals surface area contributed by atoms with Gasteiger partial charge in [-0.15, -0.1) is 0 Å². The minimum Gasteiger partial charge on any atom is -0.378 e. The molecule has 0 aromatic heterocycles. The predicted molar refractivity (Wildman–Crippen MR) is 125 cm³/mol. The second kappa shape index (κ2) is 8.64. The van der Waals surface area contributed by atoms with E-state index in [0.717, 1.165) is 38.2 Å². The molecule has 4 aliphatic rings. The normalized spacial score (nSPS) is 29.2. The van der Waals surface area contributed by atoms with Crippen molar-refractivity contribution in [1.29, 1.82) is 0 Å². The Hall–Kier alpha value is -3.03. The maximum atomic E-state index is 13.0. The summed E-state index contributed by atoms with van der Waals surface area (Å²) in [6.45, 7) is 2.89. The molecule has 2 unspecified atom stereocenters. The van der Waals surface area contributed by atoms with E-state index in [-0.39, 0.29) is 24.1 Å². The zero-order valence-electron chi connectivity index (χ0n) is 19.1. The monoisotopic (exact) mass is 459 g/mol. The summed E-state index contributed by atoms with van der Waals surface area (Å²) < 4.78 is 5.92. The number of carbonyl (C=O) groups excluding carboxylic acids is 3. The fraction of sp³-hybridized carbons (Fsp3) is 0.444. The van der Waals surface area contributed by atoms with Gasteiger partial charge in [-0.2, -0.15) is 0 Å². The summed E-state index contributed by atoms with van der Waals surface area (Å²) in [5, 5.41) is 2.37. The van der Waals surface area contributed by atoms with Crippen molar-refractivity contribution in [2.75, 3.05) is 13.2 Å². The van der Waals surface area contributed by atoms with E-state index >= 15 is 0 Å². The van der Waals surface area contributed by atoms with E-state index in [1.807, 2.05) is 6.07 Å². The molecule has 0 spiro atoms. The van der Waals surface area contributed by atoms with Crippen LogP contribution in [0.25, 0.3) is 0 Å². The molecular weight excluding hydrogens is 430 g/mol. The second-order valence-corrected chi connectivity index (χ2v) is 9.99. The lowest BCUT2D eigenvalue weighted by Gasteiger charge is -2.48. The number of nitrogens with zero attached hydrogens (tertiary/aromatic N) is 2. The van der Waals surface area contributed by atoms with Crippen molar-refractivity contribution in [3.05, 3.63) is 70.8 Å². The lowest BCUT2D eigenvalue weighted by molar-refractivity contribution is -0.136. The molecule has 4 heterocycles. The van der Waals surface area contributed by atoms with Crippen LogP contribution in [0, 0.1) is 0 Å². The van der Waals surface area contributed by atoms with Gasteiger partial charge in [0.1, 0.15) is 6.04 Å². The maximum absolute atomic E-state index is 13.0. The number of fused-ring (bicyclic) bond motifs is 3. The first-order chi connectivity index (χ1) is 16.6. The molecule has 0 radical (unpaired) electrons. The quantitative estimate of drug-likeness (QED) is 0.711. The van der Waals surface area contributed by atoms with Gasteiger partial charge in [-0.25, -0.2) is 0 Å². The number of hydrogen-bond donors (Lipinski definition) is 1. The minimum absolute atomic E-state index is 0.112. The van der Waals surface area contributed by atoms with Crippen LogP contribution in [0.3, 0.4) is 0 Å². The number of imide groups is 1. The van der Waals surface area contributed by atoms with Crippen LogP contribution in [-0.2, 0) is 27.4 Å². The Labute approximate surface area is 199 Å². The first-order valence-corrected chi connectivity index (χ1v) is 12.2. The lowest BCUT2D eigenvalue weighted by Crippen LogP contribution is -2.55. The molecule has 4 atom stereocenters. The molecule has 7 heteroatoms. The Bertz CT molecular complexity index is 1120. The first-order valence-electron chi connectivity index (χ1n) is 12.2. The van der Waals surface area contributed by atoms with Crippen molar-refractivity contribution in [1.82, 2.24) is 15.1 Å². The zero-order valence-corrected chi connectivity index (χ0v) is 19.1. The Morgan fingerprint density at radius 3 is 2.47 bits per heavy atom. The number of ether oxygens (including phenoxy) is 1. The molecule has 3 fully saturated rings. The Kier molecular flexibility index (Phi) is 5.46. The molecule has 6 rings (SSSR count). The van der Waals surface area contributed by atoms with Gasteiger partial charge in [0.2, 0.25) is 11.8 Å². The number of carbonyl (C=O) groups is 3. The Morgan fingerprint density at radius 2 is 1.74 bits per heavy atom. The van der Waals surface area contributed by atoms with Gasteiger partial charge in [0.15, 0.2) is 0 Å². The van der Waals surface area contributed by atoms with Crippen molar-refractivity contribution in [3.8, 4) is 0 Å². The van der Waals surface area contributed by atoms with Crippen LogP contribution in [0.2, 0.25) is 0 Å². The Morgan fingerprint density at radius 1 is 0.971 bits per heavy atom. The number of morpholine rings is 1. The topological polar surface area (TPSA) is 79.0 Å². The first kappa shape index (κ1) is 21.5. The van der Waals surface area contributed by atoms with Crippen LogP contribution in [-0.4, -0.2) is 58.9 Å². The highest BCUT2D eigenvalue weighted by Crippen LogP contribution is 2.40. The molecule has 2 bridgehead atoms. The van der Waals surface area contributed by atoms with Gasteiger partial charge >= 0.3 is 0 Å². The van der Waals surface area contributed by atoms with Crippen LogP contribution in [0.15, 0.2) is 48.5 Å². The third-order valence-corrected chi connectivity index (χ3v) is 7.90. The SMILES string of the molecule is O=C1CCC(N2Cc3cc(C4C[C@H]5COC[C@@H](C4)N5Cc4ccccc4)ccc3C2=O)C(=O)N1. The highest BCUT2D eigenvalue weighted by molar-refractivity contribution is 6.05. The van der Waals surface area contributed by atoms with Gasteiger partial charge in [0.05, 0.1) is 13.2 Å². The summed E-state index contributed by atoms with van der Waals surface area (Å²) in [7, 11) is 0. The average Bonchev–Trinajstić information content (AvgIpc) is 3.15. The van der Waals surface area contributed by atoms with Crippen LogP contribution in [0.5, 0.6) is 0 Å². The van der Waals surface area contributed by atoms with Crippen molar-refractivity contribution in [2.45, 2.75) is 62.8 Å². The minimum atomic E-state index is -0.571. The van der Waals surface area contributed by atoms with Crippen molar-refractivity contribution in [3.63, 3.8) is 0 Å². The van der Waals surface area contributed by atoms with Crippen LogP contribution in [0.4, 0.5) is 0 Å². The fourth-order valence-electron chi connectivity index (χ4n) is 6.16. The van der Waals surface area contributed by atoms with Crippen molar-refractivity contribution >= 4 is 17.7 Å². The molecule has 4 aliphatic heterocycles. The van der Waals surface area contributed by atoms with Crippen molar-refractivity contribution < 1.29 is 19.1 Å². The van der Waals surface area contributed by atoms with E-state index < -0.39 is 6.04 Å². The number of hydrogen-bond acceptors (Lipinski definition) is 5. The number of piperidine rings is 2. The highest BCUT2D eigenvalue weighted by atomic mass is 16.5. The molecular formula is C27H29N3O4. The van der Waals surface area contributed by atoms with Gasteiger partial charge in [-0.05, 0) is 47.9 Å². The Balaban J connectivity index is 1.18.